The molecule has 0 spiro atoms. The van der Waals surface area contributed by atoms with Crippen molar-refractivity contribution in [3.05, 3.63) is 89.7 Å². The first kappa shape index (κ1) is 22.8. The van der Waals surface area contributed by atoms with E-state index in [1.54, 1.807) is 31.3 Å². The lowest BCUT2D eigenvalue weighted by Crippen LogP contribution is -2.38. The molecule has 3 aromatic rings. The second-order valence-electron chi connectivity index (χ2n) is 7.46. The van der Waals surface area contributed by atoms with Crippen molar-refractivity contribution in [3.8, 4) is 5.75 Å². The van der Waals surface area contributed by atoms with E-state index >= 15 is 0 Å². The highest BCUT2D eigenvalue weighted by Gasteiger charge is 2.13. The molecular formula is C25H26FN3O3. The Kier molecular flexibility index (Phi) is 7.80. The van der Waals surface area contributed by atoms with E-state index in [4.69, 9.17) is 4.74 Å². The molecule has 2 amide bonds. The molecule has 166 valence electrons. The summed E-state index contributed by atoms with van der Waals surface area (Å²) in [5, 5.41) is 5.82. The van der Waals surface area contributed by atoms with Gasteiger partial charge in [-0.05, 0) is 48.9 Å². The van der Waals surface area contributed by atoms with Gasteiger partial charge in [0, 0.05) is 24.5 Å². The Morgan fingerprint density at radius 3 is 2.41 bits per heavy atom. The predicted molar refractivity (Wildman–Crippen MR) is 123 cm³/mol. The SMILES string of the molecule is Cc1ccc(NC(=O)CN(C)C(=O)CNc2cccc(OCc3ccc(F)cc3)c2)cc1. The number of likely N-dealkylation sites (N-methyl/N-ethyl adjacent to an activating group) is 1. The number of nitrogens with one attached hydrogen (secondary N) is 2. The Bertz CT molecular complexity index is 1050. The molecule has 2 N–H and O–H groups in total. The molecule has 3 aromatic carbocycles. The van der Waals surface area contributed by atoms with Crippen LogP contribution in [0.2, 0.25) is 0 Å². The fourth-order valence-corrected chi connectivity index (χ4v) is 2.90. The van der Waals surface area contributed by atoms with E-state index < -0.39 is 0 Å². The Morgan fingerprint density at radius 1 is 0.969 bits per heavy atom. The minimum Gasteiger partial charge on any atom is -0.489 e. The summed E-state index contributed by atoms with van der Waals surface area (Å²) >= 11 is 0. The standard InChI is InChI=1S/C25H26FN3O3/c1-18-6-12-21(13-7-18)28-24(30)16-29(2)25(31)15-27-22-4-3-5-23(14-22)32-17-19-8-10-20(26)11-9-19/h3-14,27H,15-17H2,1-2H3,(H,28,30). The summed E-state index contributed by atoms with van der Waals surface area (Å²) in [6.45, 7) is 2.27. The lowest BCUT2D eigenvalue weighted by atomic mass is 10.2. The summed E-state index contributed by atoms with van der Waals surface area (Å²) < 4.78 is 18.7. The zero-order chi connectivity index (χ0) is 22.9. The van der Waals surface area contributed by atoms with Gasteiger partial charge in [-0.15, -0.1) is 0 Å². The van der Waals surface area contributed by atoms with Crippen molar-refractivity contribution in [3.63, 3.8) is 0 Å². The third kappa shape index (κ3) is 7.12. The number of carbonyl (C=O) groups is 2. The van der Waals surface area contributed by atoms with Crippen LogP contribution >= 0.6 is 0 Å². The van der Waals surface area contributed by atoms with Crippen LogP contribution < -0.4 is 15.4 Å². The molecule has 0 saturated heterocycles. The number of anilines is 2. The highest BCUT2D eigenvalue weighted by atomic mass is 19.1. The van der Waals surface area contributed by atoms with Gasteiger partial charge >= 0.3 is 0 Å². The number of aryl methyl sites for hydroxylation is 1. The molecule has 0 aliphatic carbocycles. The van der Waals surface area contributed by atoms with Crippen LogP contribution in [0.3, 0.4) is 0 Å². The lowest BCUT2D eigenvalue weighted by molar-refractivity contribution is -0.131. The van der Waals surface area contributed by atoms with E-state index in [0.29, 0.717) is 23.7 Å². The van der Waals surface area contributed by atoms with Crippen LogP contribution in [0.15, 0.2) is 72.8 Å². The molecule has 0 aliphatic rings. The molecule has 0 radical (unpaired) electrons. The van der Waals surface area contributed by atoms with Gasteiger partial charge in [-0.3, -0.25) is 9.59 Å². The van der Waals surface area contributed by atoms with Crippen molar-refractivity contribution in [2.24, 2.45) is 0 Å². The maximum absolute atomic E-state index is 13.0. The molecule has 0 aliphatic heterocycles. The van der Waals surface area contributed by atoms with E-state index in [1.807, 2.05) is 43.3 Å². The normalized spacial score (nSPS) is 10.3. The molecular weight excluding hydrogens is 409 g/mol. The van der Waals surface area contributed by atoms with Crippen LogP contribution in [0.4, 0.5) is 15.8 Å². The largest absolute Gasteiger partial charge is 0.489 e. The Balaban J connectivity index is 1.45. The first-order valence-corrected chi connectivity index (χ1v) is 10.2. The fourth-order valence-electron chi connectivity index (χ4n) is 2.90. The number of benzene rings is 3. The van der Waals surface area contributed by atoms with Gasteiger partial charge < -0.3 is 20.3 Å². The third-order valence-corrected chi connectivity index (χ3v) is 4.74. The molecule has 3 rings (SSSR count). The van der Waals surface area contributed by atoms with Crippen LogP contribution in [0, 0.1) is 12.7 Å². The van der Waals surface area contributed by atoms with Crippen LogP contribution in [-0.2, 0) is 16.2 Å². The molecule has 0 fully saturated rings. The number of carbonyl (C=O) groups excluding carboxylic acids is 2. The number of amides is 2. The van der Waals surface area contributed by atoms with Crippen LogP contribution in [0.25, 0.3) is 0 Å². The molecule has 0 unspecified atom stereocenters. The van der Waals surface area contributed by atoms with Gasteiger partial charge in [0.05, 0.1) is 13.1 Å². The highest BCUT2D eigenvalue weighted by Crippen LogP contribution is 2.19. The van der Waals surface area contributed by atoms with Crippen LogP contribution in [-0.4, -0.2) is 36.9 Å². The van der Waals surface area contributed by atoms with Gasteiger partial charge in [0.2, 0.25) is 11.8 Å². The van der Waals surface area contributed by atoms with Crippen molar-refractivity contribution in [1.29, 1.82) is 0 Å². The van der Waals surface area contributed by atoms with E-state index in [0.717, 1.165) is 11.1 Å². The average molecular weight is 435 g/mol. The van der Waals surface area contributed by atoms with Gasteiger partial charge in [0.1, 0.15) is 18.2 Å². The van der Waals surface area contributed by atoms with E-state index in [-0.39, 0.29) is 30.7 Å². The second kappa shape index (κ2) is 10.9. The summed E-state index contributed by atoms with van der Waals surface area (Å²) in [5.41, 5.74) is 3.36. The third-order valence-electron chi connectivity index (χ3n) is 4.74. The number of ether oxygens (including phenoxy) is 1. The number of hydrogen-bond acceptors (Lipinski definition) is 4. The van der Waals surface area contributed by atoms with Gasteiger partial charge in [-0.2, -0.15) is 0 Å². The number of rotatable bonds is 9. The van der Waals surface area contributed by atoms with Crippen LogP contribution in [0.1, 0.15) is 11.1 Å². The summed E-state index contributed by atoms with van der Waals surface area (Å²) in [7, 11) is 1.58. The molecule has 6 nitrogen and oxygen atoms in total. The predicted octanol–water partition coefficient (Wildman–Crippen LogP) is 4.22. The van der Waals surface area contributed by atoms with Gasteiger partial charge in [-0.1, -0.05) is 35.9 Å². The summed E-state index contributed by atoms with van der Waals surface area (Å²) in [6.07, 6.45) is 0. The topological polar surface area (TPSA) is 70.7 Å². The Labute approximate surface area is 187 Å². The number of halogens is 1. The zero-order valence-electron chi connectivity index (χ0n) is 18.1. The fraction of sp³-hybridized carbons (Fsp3) is 0.200. The molecule has 0 heterocycles. The van der Waals surface area contributed by atoms with Crippen molar-refractivity contribution in [1.82, 2.24) is 4.90 Å². The van der Waals surface area contributed by atoms with E-state index in [2.05, 4.69) is 10.6 Å². The monoisotopic (exact) mass is 435 g/mol. The molecule has 0 atom stereocenters. The Hall–Kier alpha value is -3.87. The quantitative estimate of drug-likeness (QED) is 0.528. The molecule has 0 aromatic heterocycles. The van der Waals surface area contributed by atoms with Crippen molar-refractivity contribution >= 4 is 23.2 Å². The minimum absolute atomic E-state index is 0.0374. The zero-order valence-corrected chi connectivity index (χ0v) is 18.1. The smallest absolute Gasteiger partial charge is 0.243 e. The maximum Gasteiger partial charge on any atom is 0.243 e. The Morgan fingerprint density at radius 2 is 1.69 bits per heavy atom. The lowest BCUT2D eigenvalue weighted by Gasteiger charge is -2.18. The van der Waals surface area contributed by atoms with Gasteiger partial charge in [0.15, 0.2) is 0 Å². The molecule has 7 heteroatoms. The molecule has 0 bridgehead atoms. The van der Waals surface area contributed by atoms with E-state index in [1.165, 1.54) is 17.0 Å². The van der Waals surface area contributed by atoms with E-state index in [9.17, 15) is 14.0 Å². The summed E-state index contributed by atoms with van der Waals surface area (Å²) in [4.78, 5) is 25.9. The van der Waals surface area contributed by atoms with Gasteiger partial charge in [-0.25, -0.2) is 4.39 Å². The highest BCUT2D eigenvalue weighted by molar-refractivity contribution is 5.95. The maximum atomic E-state index is 13.0. The minimum atomic E-state index is -0.290. The van der Waals surface area contributed by atoms with Crippen molar-refractivity contribution in [2.45, 2.75) is 13.5 Å². The molecule has 0 saturated carbocycles. The second-order valence-corrected chi connectivity index (χ2v) is 7.46. The number of hydrogen-bond donors (Lipinski definition) is 2. The first-order valence-electron chi connectivity index (χ1n) is 10.2. The van der Waals surface area contributed by atoms with Crippen molar-refractivity contribution < 1.29 is 18.7 Å². The summed E-state index contributed by atoms with van der Waals surface area (Å²) in [5.74, 6) is -0.151. The molecule has 32 heavy (non-hydrogen) atoms. The van der Waals surface area contributed by atoms with Gasteiger partial charge in [0.25, 0.3) is 0 Å². The summed E-state index contributed by atoms with van der Waals surface area (Å²) in [6, 6.07) is 20.8. The van der Waals surface area contributed by atoms with Crippen molar-refractivity contribution in [2.75, 3.05) is 30.8 Å². The first-order chi connectivity index (χ1) is 15.4. The van der Waals surface area contributed by atoms with Crippen LogP contribution in [0.5, 0.6) is 5.75 Å². The average Bonchev–Trinajstić information content (AvgIpc) is 2.79. The number of nitrogens with zero attached hydrogens (tertiary/aromatic N) is 1.